The summed E-state index contributed by atoms with van der Waals surface area (Å²) in [6, 6.07) is 11.0. The van der Waals surface area contributed by atoms with Crippen molar-refractivity contribution >= 4 is 45.3 Å². The van der Waals surface area contributed by atoms with Crippen molar-refractivity contribution in [3.8, 4) is 11.1 Å². The quantitative estimate of drug-likeness (QED) is 0.684. The van der Waals surface area contributed by atoms with E-state index in [4.69, 9.17) is 11.6 Å². The monoisotopic (exact) mass is 330 g/mol. The number of halogens is 1. The van der Waals surface area contributed by atoms with Crippen molar-refractivity contribution in [3.05, 3.63) is 57.4 Å². The lowest BCUT2D eigenvalue weighted by Crippen LogP contribution is -1.91. The molecule has 22 heavy (non-hydrogen) atoms. The fraction of sp³-hybridized carbons (Fsp3) is 0.0588. The van der Waals surface area contributed by atoms with E-state index >= 15 is 0 Å². The van der Waals surface area contributed by atoms with Crippen LogP contribution in [0.15, 0.2) is 36.4 Å². The van der Waals surface area contributed by atoms with Crippen LogP contribution in [0.5, 0.6) is 0 Å². The number of fused-ring (bicyclic) bond motifs is 1. The number of carbonyl (C=O) groups excluding carboxylic acids is 1. The summed E-state index contributed by atoms with van der Waals surface area (Å²) < 4.78 is 0.844. The smallest absolute Gasteiger partial charge is 0.347 e. The van der Waals surface area contributed by atoms with Crippen molar-refractivity contribution in [1.29, 1.82) is 0 Å². The van der Waals surface area contributed by atoms with Gasteiger partial charge in [0.2, 0.25) is 0 Å². The van der Waals surface area contributed by atoms with Gasteiger partial charge in [0, 0.05) is 15.6 Å². The summed E-state index contributed by atoms with van der Waals surface area (Å²) in [5.41, 5.74) is 3.39. The van der Waals surface area contributed by atoms with E-state index in [1.54, 1.807) is 12.1 Å². The summed E-state index contributed by atoms with van der Waals surface area (Å²) in [7, 11) is 0. The Balaban J connectivity index is 2.31. The fourth-order valence-corrected chi connectivity index (χ4v) is 3.95. The lowest BCUT2D eigenvalue weighted by molar-refractivity contribution is 0.0702. The van der Waals surface area contributed by atoms with E-state index in [9.17, 15) is 14.7 Å². The van der Waals surface area contributed by atoms with Gasteiger partial charge < -0.3 is 5.11 Å². The normalized spacial score (nSPS) is 10.8. The Morgan fingerprint density at radius 1 is 1.23 bits per heavy atom. The Hall–Kier alpha value is -2.17. The maximum absolute atomic E-state index is 11.3. The highest BCUT2D eigenvalue weighted by Crippen LogP contribution is 2.42. The van der Waals surface area contributed by atoms with Gasteiger partial charge in [-0.05, 0) is 29.7 Å². The van der Waals surface area contributed by atoms with Crippen LogP contribution in [0, 0.1) is 6.92 Å². The van der Waals surface area contributed by atoms with Gasteiger partial charge in [-0.25, -0.2) is 4.79 Å². The molecule has 3 nitrogen and oxygen atoms in total. The highest BCUT2D eigenvalue weighted by Gasteiger charge is 2.19. The molecule has 0 saturated heterocycles. The topological polar surface area (TPSA) is 54.4 Å². The molecule has 0 bridgehead atoms. The molecule has 1 N–H and O–H groups in total. The third kappa shape index (κ3) is 2.40. The number of carbonyl (C=O) groups is 2. The molecule has 5 heteroatoms. The molecule has 0 unspecified atom stereocenters. The molecule has 3 rings (SSSR count). The van der Waals surface area contributed by atoms with Gasteiger partial charge in [0.05, 0.1) is 5.02 Å². The Bertz CT molecular complexity index is 894. The van der Waals surface area contributed by atoms with E-state index in [0.717, 1.165) is 33.1 Å². The summed E-state index contributed by atoms with van der Waals surface area (Å²) in [5.74, 6) is -1.02. The van der Waals surface area contributed by atoms with Crippen LogP contribution >= 0.6 is 22.9 Å². The van der Waals surface area contributed by atoms with Crippen molar-refractivity contribution in [2.24, 2.45) is 0 Å². The van der Waals surface area contributed by atoms with Gasteiger partial charge in [-0.3, -0.25) is 4.79 Å². The zero-order valence-corrected chi connectivity index (χ0v) is 13.2. The second kappa shape index (κ2) is 5.55. The first-order valence-electron chi connectivity index (χ1n) is 6.53. The molecule has 1 heterocycles. The summed E-state index contributed by atoms with van der Waals surface area (Å²) in [6.45, 7) is 1.96. The largest absolute Gasteiger partial charge is 0.477 e. The van der Waals surface area contributed by atoms with Crippen molar-refractivity contribution in [3.63, 3.8) is 0 Å². The minimum absolute atomic E-state index is 0.146. The van der Waals surface area contributed by atoms with E-state index in [-0.39, 0.29) is 9.90 Å². The molecule has 0 spiro atoms. The number of aldehydes is 1. The average molecular weight is 331 g/mol. The maximum Gasteiger partial charge on any atom is 0.347 e. The lowest BCUT2D eigenvalue weighted by atomic mass is 9.98. The van der Waals surface area contributed by atoms with Crippen LogP contribution < -0.4 is 0 Å². The van der Waals surface area contributed by atoms with Crippen molar-refractivity contribution in [2.75, 3.05) is 0 Å². The number of rotatable bonds is 3. The minimum atomic E-state index is -1.02. The Morgan fingerprint density at radius 2 is 1.91 bits per heavy atom. The highest BCUT2D eigenvalue weighted by atomic mass is 35.5. The molecule has 0 aliphatic heterocycles. The zero-order valence-electron chi connectivity index (χ0n) is 11.6. The van der Waals surface area contributed by atoms with Gasteiger partial charge in [0.15, 0.2) is 0 Å². The van der Waals surface area contributed by atoms with E-state index in [0.29, 0.717) is 5.56 Å². The molecule has 0 saturated carbocycles. The number of aromatic carboxylic acids is 1. The number of hydrogen-bond donors (Lipinski definition) is 1. The second-order valence-electron chi connectivity index (χ2n) is 4.98. The van der Waals surface area contributed by atoms with Crippen LogP contribution in [0.25, 0.3) is 21.2 Å². The van der Waals surface area contributed by atoms with Gasteiger partial charge in [-0.1, -0.05) is 41.9 Å². The maximum atomic E-state index is 11.3. The van der Waals surface area contributed by atoms with E-state index in [2.05, 4.69) is 0 Å². The first kappa shape index (κ1) is 14.8. The Kier molecular flexibility index (Phi) is 3.72. The summed E-state index contributed by atoms with van der Waals surface area (Å²) in [6.07, 6.45) is 0.787. The van der Waals surface area contributed by atoms with Crippen molar-refractivity contribution in [1.82, 2.24) is 0 Å². The molecule has 0 radical (unpaired) electrons. The zero-order chi connectivity index (χ0) is 15.9. The molecule has 2 aromatic carbocycles. The van der Waals surface area contributed by atoms with Crippen molar-refractivity contribution in [2.45, 2.75) is 6.92 Å². The number of hydrogen-bond acceptors (Lipinski definition) is 3. The third-order valence-electron chi connectivity index (χ3n) is 3.43. The van der Waals surface area contributed by atoms with Crippen LogP contribution in [-0.2, 0) is 0 Å². The molecular formula is C17H11ClO3S. The number of benzene rings is 2. The first-order chi connectivity index (χ1) is 10.5. The minimum Gasteiger partial charge on any atom is -0.477 e. The number of thiophene rings is 1. The average Bonchev–Trinajstić information content (AvgIpc) is 2.83. The van der Waals surface area contributed by atoms with Gasteiger partial charge in [-0.15, -0.1) is 11.3 Å². The van der Waals surface area contributed by atoms with Crippen LogP contribution in [0.3, 0.4) is 0 Å². The summed E-state index contributed by atoms with van der Waals surface area (Å²) in [4.78, 5) is 22.2. The SMILES string of the molecule is Cc1cc(-c2ccc(C=O)cc2)c2c(Cl)c(C(=O)O)sc2c1. The number of aryl methyl sites for hydroxylation is 1. The fourth-order valence-electron chi connectivity index (χ4n) is 2.43. The molecule has 0 amide bonds. The van der Waals surface area contributed by atoms with Crippen LogP contribution in [0.1, 0.15) is 25.6 Å². The molecule has 0 fully saturated rings. The number of carboxylic acid groups (broad SMARTS) is 1. The first-order valence-corrected chi connectivity index (χ1v) is 7.72. The van der Waals surface area contributed by atoms with E-state index in [1.807, 2.05) is 31.2 Å². The second-order valence-corrected chi connectivity index (χ2v) is 6.41. The third-order valence-corrected chi connectivity index (χ3v) is 5.04. The summed E-state index contributed by atoms with van der Waals surface area (Å²) in [5, 5.41) is 10.3. The number of carboxylic acids is 1. The Morgan fingerprint density at radius 3 is 2.50 bits per heavy atom. The molecule has 1 aromatic heterocycles. The van der Waals surface area contributed by atoms with Gasteiger partial charge in [0.1, 0.15) is 11.2 Å². The van der Waals surface area contributed by atoms with Crippen LogP contribution in [-0.4, -0.2) is 17.4 Å². The predicted octanol–water partition coefficient (Wildman–Crippen LogP) is 5.04. The van der Waals surface area contributed by atoms with E-state index in [1.165, 1.54) is 11.3 Å². The molecule has 0 atom stereocenters. The molecule has 0 aliphatic carbocycles. The van der Waals surface area contributed by atoms with Gasteiger partial charge in [-0.2, -0.15) is 0 Å². The molecule has 110 valence electrons. The van der Waals surface area contributed by atoms with E-state index < -0.39 is 5.97 Å². The Labute approximate surface area is 135 Å². The molecule has 0 aliphatic rings. The lowest BCUT2D eigenvalue weighted by Gasteiger charge is -2.07. The highest BCUT2D eigenvalue weighted by molar-refractivity contribution is 7.21. The van der Waals surface area contributed by atoms with Crippen LogP contribution in [0.4, 0.5) is 0 Å². The van der Waals surface area contributed by atoms with Crippen molar-refractivity contribution < 1.29 is 14.7 Å². The summed E-state index contributed by atoms with van der Waals surface area (Å²) >= 11 is 7.47. The molecule has 3 aromatic rings. The van der Waals surface area contributed by atoms with Gasteiger partial charge in [0.25, 0.3) is 0 Å². The predicted molar refractivity (Wildman–Crippen MR) is 89.4 cm³/mol. The standard InChI is InChI=1S/C17H11ClO3S/c1-9-6-12(11-4-2-10(8-19)3-5-11)14-13(7-9)22-16(15(14)18)17(20)21/h2-8H,1H3,(H,20,21). The molecular weight excluding hydrogens is 320 g/mol. The van der Waals surface area contributed by atoms with Gasteiger partial charge >= 0.3 is 5.97 Å². The van der Waals surface area contributed by atoms with Crippen LogP contribution in [0.2, 0.25) is 5.02 Å².